The van der Waals surface area contributed by atoms with Gasteiger partial charge in [0, 0.05) is 5.56 Å². The van der Waals surface area contributed by atoms with Crippen LogP contribution in [0.3, 0.4) is 0 Å². The predicted octanol–water partition coefficient (Wildman–Crippen LogP) is 8.46. The van der Waals surface area contributed by atoms with Crippen LogP contribution in [0.15, 0.2) is 79.9 Å². The fraction of sp³-hybridized carbons (Fsp3) is 0.241. The minimum absolute atomic E-state index is 0.0931. The van der Waals surface area contributed by atoms with Crippen molar-refractivity contribution in [2.24, 2.45) is 5.92 Å². The van der Waals surface area contributed by atoms with Gasteiger partial charge in [-0.3, -0.25) is 0 Å². The molecule has 4 heteroatoms. The van der Waals surface area contributed by atoms with E-state index in [1.165, 1.54) is 18.2 Å². The van der Waals surface area contributed by atoms with Crippen molar-refractivity contribution >= 4 is 0 Å². The van der Waals surface area contributed by atoms with Gasteiger partial charge < -0.3 is 4.74 Å². The zero-order valence-electron chi connectivity index (χ0n) is 18.5. The van der Waals surface area contributed by atoms with Gasteiger partial charge in [0.15, 0.2) is 11.6 Å². The van der Waals surface area contributed by atoms with Crippen LogP contribution in [-0.2, 0) is 0 Å². The van der Waals surface area contributed by atoms with E-state index in [-0.39, 0.29) is 29.7 Å². The molecular formula is C29H27F3O. The molecule has 0 bridgehead atoms. The fourth-order valence-electron chi connectivity index (χ4n) is 4.56. The van der Waals surface area contributed by atoms with E-state index in [9.17, 15) is 13.2 Å². The maximum atomic E-state index is 14.9. The van der Waals surface area contributed by atoms with Gasteiger partial charge in [-0.1, -0.05) is 55.1 Å². The topological polar surface area (TPSA) is 9.23 Å². The Kier molecular flexibility index (Phi) is 7.02. The molecule has 0 amide bonds. The summed E-state index contributed by atoms with van der Waals surface area (Å²) in [6, 6.07) is 15.3. The molecule has 33 heavy (non-hydrogen) atoms. The largest absolute Gasteiger partial charge is 0.486 e. The number of ether oxygens (including phenoxy) is 1. The van der Waals surface area contributed by atoms with Gasteiger partial charge in [-0.15, -0.1) is 6.58 Å². The molecule has 1 nitrogen and oxygen atoms in total. The summed E-state index contributed by atoms with van der Waals surface area (Å²) in [6.45, 7) is 7.46. The molecule has 0 N–H and O–H groups in total. The van der Waals surface area contributed by atoms with Gasteiger partial charge >= 0.3 is 0 Å². The van der Waals surface area contributed by atoms with Crippen molar-refractivity contribution in [1.82, 2.24) is 0 Å². The molecule has 1 fully saturated rings. The highest BCUT2D eigenvalue weighted by Gasteiger charge is 2.23. The number of hydrogen-bond acceptors (Lipinski definition) is 1. The molecule has 0 aliphatic heterocycles. The Balaban J connectivity index is 1.53. The Hall–Kier alpha value is -3.27. The van der Waals surface area contributed by atoms with E-state index in [1.807, 2.05) is 18.2 Å². The highest BCUT2D eigenvalue weighted by molar-refractivity contribution is 5.71. The van der Waals surface area contributed by atoms with Gasteiger partial charge in [-0.2, -0.15) is 4.39 Å². The summed E-state index contributed by atoms with van der Waals surface area (Å²) in [5.74, 6) is -1.56. The molecule has 0 spiro atoms. The molecule has 0 radical (unpaired) electrons. The third kappa shape index (κ3) is 4.90. The maximum Gasteiger partial charge on any atom is 0.201 e. The lowest BCUT2D eigenvalue weighted by molar-refractivity contribution is 0.333. The van der Waals surface area contributed by atoms with Crippen molar-refractivity contribution in [2.75, 3.05) is 6.61 Å². The molecule has 1 aliphatic carbocycles. The molecule has 0 saturated heterocycles. The molecule has 0 unspecified atom stereocenters. The van der Waals surface area contributed by atoms with Crippen molar-refractivity contribution in [3.8, 4) is 28.0 Å². The van der Waals surface area contributed by atoms with Crippen molar-refractivity contribution in [3.05, 3.63) is 103 Å². The summed E-state index contributed by atoms with van der Waals surface area (Å²) in [4.78, 5) is 0. The number of rotatable bonds is 7. The first-order chi connectivity index (χ1) is 16.0. The Morgan fingerprint density at radius 2 is 1.45 bits per heavy atom. The average molecular weight is 449 g/mol. The molecule has 0 atom stereocenters. The normalized spacial score (nSPS) is 18.0. The molecule has 0 aromatic heterocycles. The van der Waals surface area contributed by atoms with Crippen LogP contribution in [0.25, 0.3) is 22.3 Å². The van der Waals surface area contributed by atoms with E-state index in [4.69, 9.17) is 4.74 Å². The quantitative estimate of drug-likeness (QED) is 0.329. The van der Waals surface area contributed by atoms with Crippen LogP contribution in [0.5, 0.6) is 5.75 Å². The lowest BCUT2D eigenvalue weighted by Gasteiger charge is -2.27. The van der Waals surface area contributed by atoms with Crippen LogP contribution >= 0.6 is 0 Å². The van der Waals surface area contributed by atoms with Crippen LogP contribution in [0, 0.1) is 23.4 Å². The third-order valence-corrected chi connectivity index (χ3v) is 6.48. The SMILES string of the molecule is C=CCOc1ccc(-c2ccc(-c3ccc(C4CCC(C=C)CC4)c(F)c3)cc2)c(F)c1F. The molecule has 1 aliphatic rings. The second-order valence-electron chi connectivity index (χ2n) is 8.50. The van der Waals surface area contributed by atoms with Crippen LogP contribution in [-0.4, -0.2) is 6.61 Å². The Labute approximate surface area is 193 Å². The highest BCUT2D eigenvalue weighted by Crippen LogP contribution is 2.38. The first-order valence-corrected chi connectivity index (χ1v) is 11.3. The summed E-state index contributed by atoms with van der Waals surface area (Å²) >= 11 is 0. The Morgan fingerprint density at radius 3 is 2.09 bits per heavy atom. The van der Waals surface area contributed by atoms with Gasteiger partial charge in [0.2, 0.25) is 5.82 Å². The highest BCUT2D eigenvalue weighted by atomic mass is 19.2. The molecular weight excluding hydrogens is 421 g/mol. The molecule has 4 rings (SSSR count). The molecule has 3 aromatic rings. The Bertz CT molecular complexity index is 1140. The van der Waals surface area contributed by atoms with E-state index in [2.05, 4.69) is 13.2 Å². The van der Waals surface area contributed by atoms with E-state index in [1.54, 1.807) is 30.3 Å². The van der Waals surface area contributed by atoms with Crippen LogP contribution < -0.4 is 4.74 Å². The molecule has 0 heterocycles. The monoisotopic (exact) mass is 448 g/mol. The predicted molar refractivity (Wildman–Crippen MR) is 128 cm³/mol. The summed E-state index contributed by atoms with van der Waals surface area (Å²) in [5.41, 5.74) is 3.01. The standard InChI is InChI=1S/C29H27F3O/c1-3-17-33-27-16-15-25(28(31)29(27)32)22-11-9-20(10-12-22)23-13-14-24(26(30)18-23)21-7-5-19(4-2)6-8-21/h3-4,9-16,18-19,21H,1-2,5-8,17H2. The summed E-state index contributed by atoms with van der Waals surface area (Å²) in [5, 5.41) is 0. The first-order valence-electron chi connectivity index (χ1n) is 11.3. The second kappa shape index (κ2) is 10.1. The lowest BCUT2D eigenvalue weighted by atomic mass is 9.78. The van der Waals surface area contributed by atoms with Crippen molar-refractivity contribution in [3.63, 3.8) is 0 Å². The number of halogens is 3. The fourth-order valence-corrected chi connectivity index (χ4v) is 4.56. The van der Waals surface area contributed by atoms with E-state index in [0.29, 0.717) is 11.5 Å². The van der Waals surface area contributed by atoms with Crippen LogP contribution in [0.1, 0.15) is 37.2 Å². The van der Waals surface area contributed by atoms with Gasteiger partial charge in [0.1, 0.15) is 12.4 Å². The van der Waals surface area contributed by atoms with Crippen molar-refractivity contribution < 1.29 is 17.9 Å². The molecule has 170 valence electrons. The van der Waals surface area contributed by atoms with Gasteiger partial charge in [-0.25, -0.2) is 8.78 Å². The molecule has 1 saturated carbocycles. The second-order valence-corrected chi connectivity index (χ2v) is 8.50. The number of benzene rings is 3. The van der Waals surface area contributed by atoms with Crippen LogP contribution in [0.4, 0.5) is 13.2 Å². The minimum Gasteiger partial charge on any atom is -0.486 e. The number of hydrogen-bond donors (Lipinski definition) is 0. The van der Waals surface area contributed by atoms with Crippen LogP contribution in [0.2, 0.25) is 0 Å². The lowest BCUT2D eigenvalue weighted by Crippen LogP contribution is -2.12. The first kappa shape index (κ1) is 22.9. The summed E-state index contributed by atoms with van der Waals surface area (Å²) in [7, 11) is 0. The Morgan fingerprint density at radius 1 is 0.788 bits per heavy atom. The zero-order valence-corrected chi connectivity index (χ0v) is 18.5. The number of allylic oxidation sites excluding steroid dienone is 1. The van der Waals surface area contributed by atoms with E-state index < -0.39 is 11.6 Å². The smallest absolute Gasteiger partial charge is 0.201 e. The van der Waals surface area contributed by atoms with E-state index in [0.717, 1.165) is 42.4 Å². The minimum atomic E-state index is -1.03. The van der Waals surface area contributed by atoms with E-state index >= 15 is 0 Å². The summed E-state index contributed by atoms with van der Waals surface area (Å²) in [6.07, 6.45) is 7.52. The van der Waals surface area contributed by atoms with Gasteiger partial charge in [-0.05, 0) is 78.0 Å². The zero-order chi connectivity index (χ0) is 23.4. The van der Waals surface area contributed by atoms with Crippen molar-refractivity contribution in [2.45, 2.75) is 31.6 Å². The molecule has 3 aromatic carbocycles. The van der Waals surface area contributed by atoms with Gasteiger partial charge in [0.25, 0.3) is 0 Å². The van der Waals surface area contributed by atoms with Crippen molar-refractivity contribution in [1.29, 1.82) is 0 Å². The maximum absolute atomic E-state index is 14.9. The third-order valence-electron chi connectivity index (χ3n) is 6.48. The van der Waals surface area contributed by atoms with Gasteiger partial charge in [0.05, 0.1) is 0 Å². The summed E-state index contributed by atoms with van der Waals surface area (Å²) < 4.78 is 49.0. The average Bonchev–Trinajstić information content (AvgIpc) is 2.85.